The number of non-ortho nitro benzene ring substituents is 1. The van der Waals surface area contributed by atoms with Crippen LogP contribution in [0.5, 0.6) is 0 Å². The monoisotopic (exact) mass is 477 g/mol. The van der Waals surface area contributed by atoms with Gasteiger partial charge in [0.15, 0.2) is 0 Å². The Morgan fingerprint density at radius 1 is 1.11 bits per heavy atom. The quantitative estimate of drug-likeness (QED) is 0.219. The third-order valence-corrected chi connectivity index (χ3v) is 5.52. The van der Waals surface area contributed by atoms with Gasteiger partial charge in [-0.2, -0.15) is 0 Å². The summed E-state index contributed by atoms with van der Waals surface area (Å²) in [4.78, 5) is 63.9. The lowest BCUT2D eigenvalue weighted by atomic mass is 10.1. The molecular weight excluding hydrogens is 458 g/mol. The van der Waals surface area contributed by atoms with Crippen LogP contribution >= 0.6 is 0 Å². The Kier molecular flexibility index (Phi) is 6.40. The number of rotatable bonds is 7. The van der Waals surface area contributed by atoms with E-state index in [4.69, 9.17) is 4.42 Å². The molecule has 178 valence electrons. The van der Waals surface area contributed by atoms with Gasteiger partial charge in [0.2, 0.25) is 5.91 Å². The van der Waals surface area contributed by atoms with Gasteiger partial charge in [-0.1, -0.05) is 6.07 Å². The van der Waals surface area contributed by atoms with Crippen LogP contribution in [0.25, 0.3) is 0 Å². The number of benzene rings is 2. The molecular formula is C24H19N3O8. The highest BCUT2D eigenvalue weighted by molar-refractivity contribution is 6.23. The summed E-state index contributed by atoms with van der Waals surface area (Å²) in [5, 5.41) is 11.2. The lowest BCUT2D eigenvalue weighted by molar-refractivity contribution is -0.384. The van der Waals surface area contributed by atoms with Crippen molar-refractivity contribution >= 4 is 35.1 Å². The van der Waals surface area contributed by atoms with E-state index < -0.39 is 34.7 Å². The Balaban J connectivity index is 1.66. The van der Waals surface area contributed by atoms with E-state index in [1.807, 2.05) is 0 Å². The number of carbonyl (C=O) groups is 4. The third kappa shape index (κ3) is 4.64. The standard InChI is InChI=1S/C24H19N3O8/c1-34-24(31)15-7-9-17(10-8-15)26-21(28)13-20(23(26)30)25(14-19-6-3-11-35-19)22(29)16-4-2-5-18(12-16)27(32)33/h2-12,20H,13-14H2,1H3. The first-order chi connectivity index (χ1) is 16.8. The Bertz CT molecular complexity index is 1300. The van der Waals surface area contributed by atoms with E-state index in [9.17, 15) is 29.3 Å². The highest BCUT2D eigenvalue weighted by atomic mass is 16.6. The summed E-state index contributed by atoms with van der Waals surface area (Å²) in [5.74, 6) is -2.06. The van der Waals surface area contributed by atoms with Crippen molar-refractivity contribution in [3.63, 3.8) is 0 Å². The average Bonchev–Trinajstić information content (AvgIpc) is 3.49. The number of anilines is 1. The first kappa shape index (κ1) is 23.4. The minimum atomic E-state index is -1.17. The van der Waals surface area contributed by atoms with E-state index in [0.29, 0.717) is 5.76 Å². The molecule has 1 aromatic heterocycles. The van der Waals surface area contributed by atoms with Crippen molar-refractivity contribution in [3.05, 3.63) is 93.9 Å². The van der Waals surface area contributed by atoms with Crippen LogP contribution in [-0.4, -0.2) is 46.7 Å². The largest absolute Gasteiger partial charge is 0.467 e. The van der Waals surface area contributed by atoms with Crippen molar-refractivity contribution in [3.8, 4) is 0 Å². The number of nitro benzene ring substituents is 1. The molecule has 1 unspecified atom stereocenters. The molecule has 11 heteroatoms. The zero-order valence-corrected chi connectivity index (χ0v) is 18.5. The van der Waals surface area contributed by atoms with Crippen LogP contribution in [0.2, 0.25) is 0 Å². The molecule has 2 heterocycles. The molecule has 11 nitrogen and oxygen atoms in total. The Morgan fingerprint density at radius 2 is 1.86 bits per heavy atom. The minimum Gasteiger partial charge on any atom is -0.467 e. The van der Waals surface area contributed by atoms with Crippen molar-refractivity contribution in [2.45, 2.75) is 19.0 Å². The summed E-state index contributed by atoms with van der Waals surface area (Å²) in [6, 6.07) is 12.9. The van der Waals surface area contributed by atoms with Gasteiger partial charge in [-0.15, -0.1) is 0 Å². The number of carbonyl (C=O) groups excluding carboxylic acids is 4. The Hall–Kier alpha value is -4.80. The van der Waals surface area contributed by atoms with Crippen LogP contribution < -0.4 is 4.90 Å². The SMILES string of the molecule is COC(=O)c1ccc(N2C(=O)CC(N(Cc3ccco3)C(=O)c3cccc([N+](=O)[O-])c3)C2=O)cc1. The molecule has 35 heavy (non-hydrogen) atoms. The summed E-state index contributed by atoms with van der Waals surface area (Å²) in [7, 11) is 1.24. The predicted molar refractivity (Wildman–Crippen MR) is 120 cm³/mol. The Morgan fingerprint density at radius 3 is 2.49 bits per heavy atom. The molecule has 1 fully saturated rings. The smallest absolute Gasteiger partial charge is 0.337 e. The number of hydrogen-bond acceptors (Lipinski definition) is 8. The molecule has 0 N–H and O–H groups in total. The lowest BCUT2D eigenvalue weighted by Crippen LogP contribution is -2.45. The van der Waals surface area contributed by atoms with Gasteiger partial charge in [0.1, 0.15) is 11.8 Å². The number of nitrogens with zero attached hydrogens (tertiary/aromatic N) is 3. The molecule has 1 atom stereocenters. The molecule has 0 saturated carbocycles. The molecule has 3 aromatic rings. The summed E-state index contributed by atoms with van der Waals surface area (Å²) < 4.78 is 9.99. The zero-order valence-electron chi connectivity index (χ0n) is 18.5. The third-order valence-electron chi connectivity index (χ3n) is 5.52. The first-order valence-corrected chi connectivity index (χ1v) is 10.4. The second kappa shape index (κ2) is 9.59. The van der Waals surface area contributed by atoms with E-state index >= 15 is 0 Å². The van der Waals surface area contributed by atoms with E-state index in [0.717, 1.165) is 11.0 Å². The molecule has 1 aliphatic heterocycles. The summed E-state index contributed by atoms with van der Waals surface area (Å²) in [6.45, 7) is -0.132. The fourth-order valence-electron chi connectivity index (χ4n) is 3.81. The lowest BCUT2D eigenvalue weighted by Gasteiger charge is -2.27. The number of furan rings is 1. The van der Waals surface area contributed by atoms with Gasteiger partial charge >= 0.3 is 5.97 Å². The van der Waals surface area contributed by atoms with Gasteiger partial charge in [0.05, 0.1) is 42.5 Å². The van der Waals surface area contributed by atoms with Crippen LogP contribution in [0.4, 0.5) is 11.4 Å². The van der Waals surface area contributed by atoms with E-state index in [1.54, 1.807) is 12.1 Å². The van der Waals surface area contributed by atoms with Crippen molar-refractivity contribution in [2.75, 3.05) is 12.0 Å². The van der Waals surface area contributed by atoms with Gasteiger partial charge < -0.3 is 14.1 Å². The van der Waals surface area contributed by atoms with Crippen molar-refractivity contribution in [1.82, 2.24) is 4.90 Å². The molecule has 3 amide bonds. The second-order valence-electron chi connectivity index (χ2n) is 7.65. The van der Waals surface area contributed by atoms with E-state index in [-0.39, 0.29) is 35.5 Å². The number of hydrogen-bond donors (Lipinski definition) is 0. The topological polar surface area (TPSA) is 140 Å². The average molecular weight is 477 g/mol. The maximum atomic E-state index is 13.4. The number of methoxy groups -OCH3 is 1. The Labute approximate surface area is 198 Å². The van der Waals surface area contributed by atoms with Gasteiger partial charge in [-0.25, -0.2) is 9.69 Å². The van der Waals surface area contributed by atoms with Crippen LogP contribution in [0, 0.1) is 10.1 Å². The zero-order chi connectivity index (χ0) is 25.1. The second-order valence-corrected chi connectivity index (χ2v) is 7.65. The molecule has 2 aromatic carbocycles. The molecule has 0 radical (unpaired) electrons. The fraction of sp³-hybridized carbons (Fsp3) is 0.167. The van der Waals surface area contributed by atoms with Crippen molar-refractivity contribution in [2.24, 2.45) is 0 Å². The summed E-state index contributed by atoms with van der Waals surface area (Å²) >= 11 is 0. The van der Waals surface area contributed by atoms with E-state index in [2.05, 4.69) is 4.74 Å². The maximum absolute atomic E-state index is 13.4. The maximum Gasteiger partial charge on any atom is 0.337 e. The van der Waals surface area contributed by atoms with Gasteiger partial charge in [-0.05, 0) is 42.5 Å². The highest BCUT2D eigenvalue weighted by Crippen LogP contribution is 2.29. The van der Waals surface area contributed by atoms with Crippen molar-refractivity contribution in [1.29, 1.82) is 0 Å². The fourth-order valence-corrected chi connectivity index (χ4v) is 3.81. The van der Waals surface area contributed by atoms with Crippen molar-refractivity contribution < 1.29 is 33.3 Å². The predicted octanol–water partition coefficient (Wildman–Crippen LogP) is 2.95. The molecule has 0 aliphatic carbocycles. The summed E-state index contributed by atoms with van der Waals surface area (Å²) in [6.07, 6.45) is 1.11. The van der Waals surface area contributed by atoms with Crippen LogP contribution in [0.1, 0.15) is 32.9 Å². The first-order valence-electron chi connectivity index (χ1n) is 10.4. The van der Waals surface area contributed by atoms with Gasteiger partial charge in [0.25, 0.3) is 17.5 Å². The molecule has 0 bridgehead atoms. The number of imide groups is 1. The van der Waals surface area contributed by atoms with Gasteiger partial charge in [0, 0.05) is 17.7 Å². The highest BCUT2D eigenvalue weighted by Gasteiger charge is 2.45. The normalized spacial score (nSPS) is 15.2. The van der Waals surface area contributed by atoms with Gasteiger partial charge in [-0.3, -0.25) is 24.5 Å². The van der Waals surface area contributed by atoms with Crippen LogP contribution in [0.3, 0.4) is 0 Å². The van der Waals surface area contributed by atoms with Crippen LogP contribution in [-0.2, 0) is 20.9 Å². The molecule has 4 rings (SSSR count). The number of ether oxygens (including phenoxy) is 1. The molecule has 1 saturated heterocycles. The summed E-state index contributed by atoms with van der Waals surface area (Å²) in [5.41, 5.74) is 0.185. The van der Waals surface area contributed by atoms with Crippen LogP contribution in [0.15, 0.2) is 71.3 Å². The molecule has 0 spiro atoms. The number of nitro groups is 1. The molecule has 1 aliphatic rings. The number of esters is 1. The minimum absolute atomic E-state index is 0.00751. The number of amides is 3. The van der Waals surface area contributed by atoms with E-state index in [1.165, 1.54) is 60.7 Å².